The molecule has 1 N–H and O–H groups in total. The van der Waals surface area contributed by atoms with Crippen LogP contribution >= 0.6 is 0 Å². The van der Waals surface area contributed by atoms with E-state index in [-0.39, 0.29) is 24.0 Å². The zero-order valence-electron chi connectivity index (χ0n) is 12.9. The van der Waals surface area contributed by atoms with E-state index in [1.165, 1.54) is 12.7 Å². The molecule has 1 amide bonds. The minimum atomic E-state index is -0.252. The fraction of sp³-hybridized carbons (Fsp3) is 0.765. The lowest BCUT2D eigenvalue weighted by Crippen LogP contribution is -2.45. The zero-order valence-corrected chi connectivity index (χ0v) is 12.9. The highest BCUT2D eigenvalue weighted by Gasteiger charge is 2.41. The largest absolute Gasteiger partial charge is 0.393 e. The Morgan fingerprint density at radius 3 is 2.77 bits per heavy atom. The van der Waals surface area contributed by atoms with Crippen molar-refractivity contribution in [2.75, 3.05) is 6.54 Å². The van der Waals surface area contributed by atoms with E-state index in [1.807, 2.05) is 4.90 Å². The van der Waals surface area contributed by atoms with Gasteiger partial charge in [-0.2, -0.15) is 0 Å². The SMILES string of the molecule is O=C(c1conc1C1CC1)N1CCCC1C1CCCCC1O. The normalized spacial score (nSPS) is 32.4. The van der Waals surface area contributed by atoms with Gasteiger partial charge in [0.1, 0.15) is 11.8 Å². The Hall–Kier alpha value is -1.36. The molecule has 2 heterocycles. The first-order valence-electron chi connectivity index (χ1n) is 8.69. The lowest BCUT2D eigenvalue weighted by molar-refractivity contribution is 0.0211. The van der Waals surface area contributed by atoms with Gasteiger partial charge in [0, 0.05) is 24.4 Å². The summed E-state index contributed by atoms with van der Waals surface area (Å²) >= 11 is 0. The fourth-order valence-corrected chi connectivity index (χ4v) is 4.29. The molecule has 3 atom stereocenters. The van der Waals surface area contributed by atoms with Crippen LogP contribution in [0, 0.1) is 5.92 Å². The van der Waals surface area contributed by atoms with Crippen LogP contribution in [-0.2, 0) is 0 Å². The minimum Gasteiger partial charge on any atom is -0.393 e. The number of nitrogens with zero attached hydrogens (tertiary/aromatic N) is 2. The van der Waals surface area contributed by atoms with Crippen molar-refractivity contribution in [3.05, 3.63) is 17.5 Å². The smallest absolute Gasteiger partial charge is 0.259 e. The molecule has 5 heteroatoms. The van der Waals surface area contributed by atoms with Gasteiger partial charge in [-0.1, -0.05) is 18.0 Å². The van der Waals surface area contributed by atoms with Gasteiger partial charge in [-0.05, 0) is 38.5 Å². The molecule has 0 bridgehead atoms. The second-order valence-electron chi connectivity index (χ2n) is 7.11. The van der Waals surface area contributed by atoms with Crippen molar-refractivity contribution in [1.82, 2.24) is 10.1 Å². The van der Waals surface area contributed by atoms with E-state index in [9.17, 15) is 9.90 Å². The van der Waals surface area contributed by atoms with Crippen LogP contribution in [0.15, 0.2) is 10.8 Å². The van der Waals surface area contributed by atoms with Crippen LogP contribution in [0.4, 0.5) is 0 Å². The van der Waals surface area contributed by atoms with Gasteiger partial charge in [-0.3, -0.25) is 4.79 Å². The molecule has 0 spiro atoms. The summed E-state index contributed by atoms with van der Waals surface area (Å²) in [6, 6.07) is 0.185. The summed E-state index contributed by atoms with van der Waals surface area (Å²) in [6.07, 6.45) is 9.71. The van der Waals surface area contributed by atoms with Gasteiger partial charge in [-0.15, -0.1) is 0 Å². The van der Waals surface area contributed by atoms with E-state index in [0.29, 0.717) is 11.5 Å². The van der Waals surface area contributed by atoms with Gasteiger partial charge in [-0.25, -0.2) is 0 Å². The highest BCUT2D eigenvalue weighted by Crippen LogP contribution is 2.42. The number of aromatic nitrogens is 1. The maximum Gasteiger partial charge on any atom is 0.259 e. The van der Waals surface area contributed by atoms with Crippen LogP contribution in [0.3, 0.4) is 0 Å². The molecule has 1 aromatic heterocycles. The van der Waals surface area contributed by atoms with Gasteiger partial charge in [0.2, 0.25) is 0 Å². The van der Waals surface area contributed by atoms with Crippen LogP contribution in [-0.4, -0.2) is 39.8 Å². The Labute approximate surface area is 130 Å². The zero-order chi connectivity index (χ0) is 15.1. The molecule has 22 heavy (non-hydrogen) atoms. The lowest BCUT2D eigenvalue weighted by Gasteiger charge is -2.37. The monoisotopic (exact) mass is 304 g/mol. The highest BCUT2D eigenvalue weighted by molar-refractivity contribution is 5.95. The molecular formula is C17H24N2O3. The molecule has 0 aromatic carbocycles. The van der Waals surface area contributed by atoms with Gasteiger partial charge in [0.05, 0.1) is 11.8 Å². The van der Waals surface area contributed by atoms with Gasteiger partial charge in [0.25, 0.3) is 5.91 Å². The summed E-state index contributed by atoms with van der Waals surface area (Å²) in [4.78, 5) is 14.9. The van der Waals surface area contributed by atoms with Gasteiger partial charge < -0.3 is 14.5 Å². The summed E-state index contributed by atoms with van der Waals surface area (Å²) in [5.74, 6) is 0.715. The molecule has 1 aliphatic heterocycles. The molecule has 1 saturated heterocycles. The standard InChI is InChI=1S/C17H24N2O3/c20-15-6-2-1-4-12(15)14-5-3-9-19(14)17(21)13-10-22-18-16(13)11-7-8-11/h10-12,14-15,20H,1-9H2. The maximum atomic E-state index is 13.0. The Kier molecular flexibility index (Phi) is 3.68. The first kappa shape index (κ1) is 14.2. The van der Waals surface area contributed by atoms with Crippen molar-refractivity contribution in [2.45, 2.75) is 69.4 Å². The molecule has 120 valence electrons. The predicted molar refractivity (Wildman–Crippen MR) is 80.5 cm³/mol. The van der Waals surface area contributed by atoms with Crippen LogP contribution in [0.2, 0.25) is 0 Å². The number of hydrogen-bond acceptors (Lipinski definition) is 4. The molecule has 1 aromatic rings. The second kappa shape index (κ2) is 5.69. The quantitative estimate of drug-likeness (QED) is 0.932. The molecular weight excluding hydrogens is 280 g/mol. The van der Waals surface area contributed by atoms with Crippen molar-refractivity contribution in [3.8, 4) is 0 Å². The Balaban J connectivity index is 1.55. The molecule has 3 fully saturated rings. The van der Waals surface area contributed by atoms with Crippen LogP contribution in [0.5, 0.6) is 0 Å². The van der Waals surface area contributed by atoms with E-state index in [0.717, 1.165) is 57.2 Å². The third kappa shape index (κ3) is 2.45. The van der Waals surface area contributed by atoms with Crippen LogP contribution < -0.4 is 0 Å². The van der Waals surface area contributed by atoms with E-state index >= 15 is 0 Å². The summed E-state index contributed by atoms with van der Waals surface area (Å²) in [5, 5.41) is 14.4. The number of hydrogen-bond donors (Lipinski definition) is 1. The molecule has 4 rings (SSSR count). The number of aliphatic hydroxyl groups is 1. The van der Waals surface area contributed by atoms with Crippen molar-refractivity contribution in [1.29, 1.82) is 0 Å². The number of rotatable bonds is 3. The second-order valence-corrected chi connectivity index (χ2v) is 7.11. The molecule has 5 nitrogen and oxygen atoms in total. The molecule has 0 radical (unpaired) electrons. The van der Waals surface area contributed by atoms with Gasteiger partial charge in [0.15, 0.2) is 0 Å². The number of aliphatic hydroxyl groups excluding tert-OH is 1. The van der Waals surface area contributed by atoms with Gasteiger partial charge >= 0.3 is 0 Å². The summed E-state index contributed by atoms with van der Waals surface area (Å²) in [7, 11) is 0. The molecule has 2 saturated carbocycles. The Morgan fingerprint density at radius 1 is 1.18 bits per heavy atom. The average Bonchev–Trinajstić information content (AvgIpc) is 3.07. The Morgan fingerprint density at radius 2 is 2.00 bits per heavy atom. The van der Waals surface area contributed by atoms with Crippen molar-refractivity contribution in [2.24, 2.45) is 5.92 Å². The van der Waals surface area contributed by atoms with Crippen LogP contribution in [0.1, 0.15) is 73.3 Å². The number of amides is 1. The van der Waals surface area contributed by atoms with E-state index < -0.39 is 0 Å². The van der Waals surface area contributed by atoms with Crippen molar-refractivity contribution < 1.29 is 14.4 Å². The predicted octanol–water partition coefficient (Wildman–Crippen LogP) is 2.71. The summed E-state index contributed by atoms with van der Waals surface area (Å²) < 4.78 is 5.08. The number of carbonyl (C=O) groups is 1. The fourth-order valence-electron chi connectivity index (χ4n) is 4.29. The third-order valence-electron chi connectivity index (χ3n) is 5.63. The first-order valence-corrected chi connectivity index (χ1v) is 8.69. The molecule has 3 unspecified atom stereocenters. The van der Waals surface area contributed by atoms with E-state index in [1.54, 1.807) is 0 Å². The highest BCUT2D eigenvalue weighted by atomic mass is 16.5. The molecule has 2 aliphatic carbocycles. The third-order valence-corrected chi connectivity index (χ3v) is 5.63. The number of carbonyl (C=O) groups excluding carboxylic acids is 1. The average molecular weight is 304 g/mol. The summed E-state index contributed by atoms with van der Waals surface area (Å²) in [5.41, 5.74) is 1.50. The van der Waals surface area contributed by atoms with E-state index in [4.69, 9.17) is 4.52 Å². The van der Waals surface area contributed by atoms with Crippen molar-refractivity contribution in [3.63, 3.8) is 0 Å². The van der Waals surface area contributed by atoms with Crippen molar-refractivity contribution >= 4 is 5.91 Å². The maximum absolute atomic E-state index is 13.0. The Bertz CT molecular complexity index is 552. The number of likely N-dealkylation sites (tertiary alicyclic amines) is 1. The lowest BCUT2D eigenvalue weighted by atomic mass is 9.80. The topological polar surface area (TPSA) is 66.6 Å². The van der Waals surface area contributed by atoms with Crippen LogP contribution in [0.25, 0.3) is 0 Å². The minimum absolute atomic E-state index is 0.0587. The first-order chi connectivity index (χ1) is 10.8. The molecule has 3 aliphatic rings. The summed E-state index contributed by atoms with van der Waals surface area (Å²) in [6.45, 7) is 0.794. The van der Waals surface area contributed by atoms with E-state index in [2.05, 4.69) is 5.16 Å².